The van der Waals surface area contributed by atoms with Crippen molar-refractivity contribution in [2.24, 2.45) is 0 Å². The standard InChI is InChI=1S/C21H22FNO3/c22-10-9-21(11-14(24)12-21)23-20(25)26-13-19-17-7-3-1-5-15(17)16-6-2-4-8-18(16)19/h1-8,14,19,24H,9-13H2,(H,23,25). The summed E-state index contributed by atoms with van der Waals surface area (Å²) in [5.41, 5.74) is 3.98. The van der Waals surface area contributed by atoms with E-state index in [1.165, 1.54) is 11.1 Å². The van der Waals surface area contributed by atoms with Gasteiger partial charge in [0.15, 0.2) is 0 Å². The van der Waals surface area contributed by atoms with Crippen molar-refractivity contribution in [3.63, 3.8) is 0 Å². The van der Waals surface area contributed by atoms with Gasteiger partial charge in [-0.05, 0) is 41.5 Å². The molecular formula is C21H22FNO3. The fourth-order valence-corrected chi connectivity index (χ4v) is 4.24. The molecule has 2 aromatic rings. The van der Waals surface area contributed by atoms with E-state index in [1.807, 2.05) is 24.3 Å². The van der Waals surface area contributed by atoms with Crippen molar-refractivity contribution < 1.29 is 19.0 Å². The van der Waals surface area contributed by atoms with E-state index in [-0.39, 0.29) is 18.9 Å². The Morgan fingerprint density at radius 1 is 1.12 bits per heavy atom. The third-order valence-corrected chi connectivity index (χ3v) is 5.54. The van der Waals surface area contributed by atoms with E-state index >= 15 is 0 Å². The molecule has 0 bridgehead atoms. The predicted molar refractivity (Wildman–Crippen MR) is 96.8 cm³/mol. The van der Waals surface area contributed by atoms with E-state index in [0.29, 0.717) is 12.8 Å². The zero-order valence-corrected chi connectivity index (χ0v) is 14.5. The molecule has 1 fully saturated rings. The van der Waals surface area contributed by atoms with Crippen LogP contribution in [0.2, 0.25) is 0 Å². The lowest BCUT2D eigenvalue weighted by Crippen LogP contribution is -2.59. The molecule has 4 nitrogen and oxygen atoms in total. The van der Waals surface area contributed by atoms with Gasteiger partial charge < -0.3 is 15.2 Å². The number of carbonyl (C=O) groups is 1. The molecule has 1 amide bonds. The first-order valence-corrected chi connectivity index (χ1v) is 8.99. The molecule has 0 unspecified atom stereocenters. The van der Waals surface area contributed by atoms with Gasteiger partial charge in [0.25, 0.3) is 0 Å². The molecule has 1 saturated carbocycles. The maximum Gasteiger partial charge on any atom is 0.407 e. The van der Waals surface area contributed by atoms with Crippen LogP contribution in [0.1, 0.15) is 36.3 Å². The maximum absolute atomic E-state index is 12.8. The maximum atomic E-state index is 12.8. The molecule has 0 aromatic heterocycles. The highest BCUT2D eigenvalue weighted by molar-refractivity contribution is 5.79. The van der Waals surface area contributed by atoms with E-state index < -0.39 is 24.4 Å². The molecule has 2 aliphatic rings. The molecule has 136 valence electrons. The van der Waals surface area contributed by atoms with Gasteiger partial charge in [-0.3, -0.25) is 4.39 Å². The van der Waals surface area contributed by atoms with Crippen molar-refractivity contribution in [1.29, 1.82) is 0 Å². The molecule has 0 spiro atoms. The number of ether oxygens (including phenoxy) is 1. The van der Waals surface area contributed by atoms with Gasteiger partial charge in [-0.25, -0.2) is 4.79 Å². The zero-order valence-electron chi connectivity index (χ0n) is 14.5. The number of hydrogen-bond acceptors (Lipinski definition) is 3. The third-order valence-electron chi connectivity index (χ3n) is 5.54. The highest BCUT2D eigenvalue weighted by Crippen LogP contribution is 2.44. The topological polar surface area (TPSA) is 58.6 Å². The number of alkyl halides is 1. The molecule has 0 heterocycles. The summed E-state index contributed by atoms with van der Waals surface area (Å²) in [4.78, 5) is 12.3. The molecule has 0 radical (unpaired) electrons. The monoisotopic (exact) mass is 355 g/mol. The molecule has 26 heavy (non-hydrogen) atoms. The minimum atomic E-state index is -0.670. The summed E-state index contributed by atoms with van der Waals surface area (Å²) >= 11 is 0. The average molecular weight is 355 g/mol. The summed E-state index contributed by atoms with van der Waals surface area (Å²) in [6.07, 6.45) is -0.0705. The van der Waals surface area contributed by atoms with Crippen molar-refractivity contribution in [3.8, 4) is 11.1 Å². The lowest BCUT2D eigenvalue weighted by atomic mass is 9.72. The number of alkyl carbamates (subject to hydrolysis) is 1. The van der Waals surface area contributed by atoms with Crippen LogP contribution in [0.5, 0.6) is 0 Å². The summed E-state index contributed by atoms with van der Waals surface area (Å²) in [6, 6.07) is 16.3. The highest BCUT2D eigenvalue weighted by atomic mass is 19.1. The van der Waals surface area contributed by atoms with Crippen LogP contribution in [0.25, 0.3) is 11.1 Å². The number of hydrogen-bond donors (Lipinski definition) is 2. The number of fused-ring (bicyclic) bond motifs is 3. The Morgan fingerprint density at radius 2 is 1.69 bits per heavy atom. The first kappa shape index (κ1) is 17.0. The van der Waals surface area contributed by atoms with E-state index in [1.54, 1.807) is 0 Å². The minimum Gasteiger partial charge on any atom is -0.449 e. The van der Waals surface area contributed by atoms with Crippen molar-refractivity contribution >= 4 is 6.09 Å². The van der Waals surface area contributed by atoms with Crippen molar-refractivity contribution in [2.45, 2.75) is 36.8 Å². The molecule has 5 heteroatoms. The molecular weight excluding hydrogens is 333 g/mol. The van der Waals surface area contributed by atoms with Crippen LogP contribution in [0.3, 0.4) is 0 Å². The Hall–Kier alpha value is -2.40. The summed E-state index contributed by atoms with van der Waals surface area (Å²) in [7, 11) is 0. The normalized spacial score (nSPS) is 23.7. The van der Waals surface area contributed by atoms with Crippen LogP contribution in [-0.4, -0.2) is 36.1 Å². The Balaban J connectivity index is 1.46. The molecule has 2 N–H and O–H groups in total. The fourth-order valence-electron chi connectivity index (χ4n) is 4.24. The van der Waals surface area contributed by atoms with Gasteiger partial charge in [-0.2, -0.15) is 0 Å². The average Bonchev–Trinajstić information content (AvgIpc) is 2.93. The number of nitrogens with one attached hydrogen (secondary N) is 1. The number of amides is 1. The largest absolute Gasteiger partial charge is 0.449 e. The first-order valence-electron chi connectivity index (χ1n) is 8.99. The van der Waals surface area contributed by atoms with Gasteiger partial charge in [0.1, 0.15) is 6.61 Å². The summed E-state index contributed by atoms with van der Waals surface area (Å²) in [5.74, 6) is -0.00254. The van der Waals surface area contributed by atoms with E-state index in [4.69, 9.17) is 4.74 Å². The lowest BCUT2D eigenvalue weighted by Gasteiger charge is -2.45. The Morgan fingerprint density at radius 3 is 2.23 bits per heavy atom. The number of carbonyl (C=O) groups excluding carboxylic acids is 1. The molecule has 2 aromatic carbocycles. The molecule has 2 aliphatic carbocycles. The zero-order chi connectivity index (χ0) is 18.1. The van der Waals surface area contributed by atoms with Crippen LogP contribution >= 0.6 is 0 Å². The Kier molecular flexibility index (Phi) is 4.41. The van der Waals surface area contributed by atoms with Crippen LogP contribution in [0, 0.1) is 0 Å². The van der Waals surface area contributed by atoms with Crippen molar-refractivity contribution in [2.75, 3.05) is 13.3 Å². The first-order chi connectivity index (χ1) is 12.6. The third kappa shape index (κ3) is 2.97. The van der Waals surface area contributed by atoms with Gasteiger partial charge in [-0.15, -0.1) is 0 Å². The molecule has 0 saturated heterocycles. The van der Waals surface area contributed by atoms with Crippen molar-refractivity contribution in [3.05, 3.63) is 59.7 Å². The number of rotatable bonds is 5. The lowest BCUT2D eigenvalue weighted by molar-refractivity contribution is -0.00591. The van der Waals surface area contributed by atoms with Crippen molar-refractivity contribution in [1.82, 2.24) is 5.32 Å². The summed E-state index contributed by atoms with van der Waals surface area (Å²) in [5, 5.41) is 12.3. The van der Waals surface area contributed by atoms with Crippen LogP contribution < -0.4 is 5.32 Å². The second kappa shape index (κ2) is 6.72. The Bertz CT molecular complexity index is 765. The second-order valence-corrected chi connectivity index (χ2v) is 7.23. The minimum absolute atomic E-state index is 0.00254. The molecule has 0 aliphatic heterocycles. The van der Waals surface area contributed by atoms with Crippen LogP contribution in [0.4, 0.5) is 9.18 Å². The van der Waals surface area contributed by atoms with Crippen LogP contribution in [-0.2, 0) is 4.74 Å². The van der Waals surface area contributed by atoms with E-state index in [0.717, 1.165) is 11.1 Å². The van der Waals surface area contributed by atoms with Gasteiger partial charge in [-0.1, -0.05) is 48.5 Å². The van der Waals surface area contributed by atoms with Gasteiger partial charge in [0.2, 0.25) is 0 Å². The summed E-state index contributed by atoms with van der Waals surface area (Å²) in [6.45, 7) is -0.301. The summed E-state index contributed by atoms with van der Waals surface area (Å²) < 4.78 is 18.3. The van der Waals surface area contributed by atoms with Gasteiger partial charge >= 0.3 is 6.09 Å². The number of aliphatic hydroxyl groups excluding tert-OH is 1. The quantitative estimate of drug-likeness (QED) is 0.858. The highest BCUT2D eigenvalue weighted by Gasteiger charge is 2.44. The molecule has 4 rings (SSSR count). The second-order valence-electron chi connectivity index (χ2n) is 7.23. The predicted octanol–water partition coefficient (Wildman–Crippen LogP) is 3.78. The van der Waals surface area contributed by atoms with E-state index in [2.05, 4.69) is 29.6 Å². The Labute approximate surface area is 152 Å². The number of benzene rings is 2. The molecule has 0 atom stereocenters. The number of aliphatic hydroxyl groups is 1. The number of halogens is 1. The fraction of sp³-hybridized carbons (Fsp3) is 0.381. The van der Waals surface area contributed by atoms with Gasteiger partial charge in [0, 0.05) is 5.92 Å². The smallest absolute Gasteiger partial charge is 0.407 e. The SMILES string of the molecule is O=C(NC1(CCF)CC(O)C1)OCC1c2ccccc2-c2ccccc21. The van der Waals surface area contributed by atoms with E-state index in [9.17, 15) is 14.3 Å². The van der Waals surface area contributed by atoms with Gasteiger partial charge in [0.05, 0.1) is 18.3 Å². The van der Waals surface area contributed by atoms with Crippen LogP contribution in [0.15, 0.2) is 48.5 Å².